The Morgan fingerprint density at radius 1 is 1.00 bits per heavy atom. The normalized spacial score (nSPS) is 12.2. The Morgan fingerprint density at radius 3 is 2.06 bits per heavy atom. The zero-order valence-electron chi connectivity index (χ0n) is 9.97. The van der Waals surface area contributed by atoms with Crippen molar-refractivity contribution in [3.8, 4) is 11.1 Å². The zero-order chi connectivity index (χ0) is 12.3. The molecule has 0 fully saturated rings. The lowest BCUT2D eigenvalue weighted by Gasteiger charge is -2.22. The van der Waals surface area contributed by atoms with Gasteiger partial charge >= 0.3 is 0 Å². The summed E-state index contributed by atoms with van der Waals surface area (Å²) in [4.78, 5) is 6.04. The monoisotopic (exact) mass is 246 g/mol. The van der Waals surface area contributed by atoms with Crippen LogP contribution in [0.5, 0.6) is 0 Å². The number of pyridine rings is 1. The standard InChI is InChI=1S/C14H15ClN2/c1-11(15)17(2)14-5-3-12(4-6-14)13-7-9-16-10-8-13/h3-11H,1-2H3. The van der Waals surface area contributed by atoms with Crippen LogP contribution in [-0.2, 0) is 0 Å². The maximum absolute atomic E-state index is 6.04. The predicted molar refractivity (Wildman–Crippen MR) is 73.4 cm³/mol. The van der Waals surface area contributed by atoms with Crippen molar-refractivity contribution in [1.82, 2.24) is 4.98 Å². The molecule has 1 atom stereocenters. The molecular formula is C14H15ClN2. The fraction of sp³-hybridized carbons (Fsp3) is 0.214. The molecule has 0 radical (unpaired) electrons. The number of hydrogen-bond donors (Lipinski definition) is 0. The fourth-order valence-corrected chi connectivity index (χ4v) is 1.75. The number of hydrogen-bond acceptors (Lipinski definition) is 2. The maximum Gasteiger partial charge on any atom is 0.101 e. The number of aromatic nitrogens is 1. The van der Waals surface area contributed by atoms with Crippen molar-refractivity contribution in [3.05, 3.63) is 48.8 Å². The summed E-state index contributed by atoms with van der Waals surface area (Å²) < 4.78 is 0. The van der Waals surface area contributed by atoms with Crippen molar-refractivity contribution in [3.63, 3.8) is 0 Å². The molecule has 0 saturated heterocycles. The van der Waals surface area contributed by atoms with E-state index in [0.717, 1.165) is 5.69 Å². The molecule has 0 amide bonds. The first-order valence-electron chi connectivity index (χ1n) is 5.56. The van der Waals surface area contributed by atoms with Crippen LogP contribution in [0.2, 0.25) is 0 Å². The van der Waals surface area contributed by atoms with E-state index in [9.17, 15) is 0 Å². The molecule has 1 aromatic heterocycles. The van der Waals surface area contributed by atoms with Crippen molar-refractivity contribution in [2.75, 3.05) is 11.9 Å². The Morgan fingerprint density at radius 2 is 1.53 bits per heavy atom. The minimum absolute atomic E-state index is 0.0122. The highest BCUT2D eigenvalue weighted by atomic mass is 35.5. The van der Waals surface area contributed by atoms with Crippen LogP contribution in [0.1, 0.15) is 6.92 Å². The van der Waals surface area contributed by atoms with Crippen LogP contribution in [-0.4, -0.2) is 17.5 Å². The summed E-state index contributed by atoms with van der Waals surface area (Å²) in [6.45, 7) is 1.96. The lowest BCUT2D eigenvalue weighted by molar-refractivity contribution is 0.898. The van der Waals surface area contributed by atoms with Crippen LogP contribution in [0.3, 0.4) is 0 Å². The highest BCUT2D eigenvalue weighted by Crippen LogP contribution is 2.23. The average molecular weight is 247 g/mol. The van der Waals surface area contributed by atoms with Crippen molar-refractivity contribution in [1.29, 1.82) is 0 Å². The van der Waals surface area contributed by atoms with E-state index in [0.29, 0.717) is 0 Å². The average Bonchev–Trinajstić information content (AvgIpc) is 2.39. The quantitative estimate of drug-likeness (QED) is 0.605. The molecule has 1 heterocycles. The third-order valence-corrected chi connectivity index (χ3v) is 3.11. The van der Waals surface area contributed by atoms with Gasteiger partial charge in [0.15, 0.2) is 0 Å². The molecule has 0 N–H and O–H groups in total. The van der Waals surface area contributed by atoms with Crippen molar-refractivity contribution < 1.29 is 0 Å². The molecule has 0 aliphatic rings. The van der Waals surface area contributed by atoms with E-state index in [2.05, 4.69) is 29.2 Å². The molecular weight excluding hydrogens is 232 g/mol. The molecule has 0 spiro atoms. The van der Waals surface area contributed by atoms with E-state index in [-0.39, 0.29) is 5.50 Å². The molecule has 17 heavy (non-hydrogen) atoms. The molecule has 1 aromatic carbocycles. The Bertz CT molecular complexity index is 465. The summed E-state index contributed by atoms with van der Waals surface area (Å²) in [6, 6.07) is 12.4. The van der Waals surface area contributed by atoms with Crippen molar-refractivity contribution in [2.45, 2.75) is 12.4 Å². The third kappa shape index (κ3) is 2.77. The molecule has 0 saturated carbocycles. The minimum atomic E-state index is -0.0122. The van der Waals surface area contributed by atoms with E-state index in [1.807, 2.05) is 31.0 Å². The highest BCUT2D eigenvalue weighted by molar-refractivity contribution is 6.21. The van der Waals surface area contributed by atoms with E-state index < -0.39 is 0 Å². The molecule has 88 valence electrons. The number of alkyl halides is 1. The summed E-state index contributed by atoms with van der Waals surface area (Å²) >= 11 is 6.04. The second-order valence-corrected chi connectivity index (χ2v) is 4.60. The predicted octanol–water partition coefficient (Wildman–Crippen LogP) is 3.77. The van der Waals surface area contributed by atoms with Gasteiger partial charge in [0, 0.05) is 25.1 Å². The molecule has 0 aliphatic heterocycles. The first kappa shape index (κ1) is 11.9. The van der Waals surface area contributed by atoms with Gasteiger partial charge in [0.2, 0.25) is 0 Å². The number of benzene rings is 1. The Hall–Kier alpha value is -1.54. The minimum Gasteiger partial charge on any atom is -0.358 e. The van der Waals surface area contributed by atoms with Crippen LogP contribution < -0.4 is 4.90 Å². The number of anilines is 1. The van der Waals surface area contributed by atoms with Gasteiger partial charge in [0.05, 0.1) is 0 Å². The number of rotatable bonds is 3. The third-order valence-electron chi connectivity index (χ3n) is 2.82. The van der Waals surface area contributed by atoms with Crippen molar-refractivity contribution >= 4 is 17.3 Å². The second kappa shape index (κ2) is 5.19. The van der Waals surface area contributed by atoms with Gasteiger partial charge in [-0.15, -0.1) is 0 Å². The molecule has 3 heteroatoms. The van der Waals surface area contributed by atoms with Crippen molar-refractivity contribution in [2.24, 2.45) is 0 Å². The van der Waals surface area contributed by atoms with Gasteiger partial charge in [-0.2, -0.15) is 0 Å². The van der Waals surface area contributed by atoms with Gasteiger partial charge in [0.1, 0.15) is 5.50 Å². The van der Waals surface area contributed by atoms with E-state index >= 15 is 0 Å². The van der Waals surface area contributed by atoms with Gasteiger partial charge in [-0.05, 0) is 42.3 Å². The van der Waals surface area contributed by atoms with Crippen LogP contribution in [0, 0.1) is 0 Å². The van der Waals surface area contributed by atoms with Crippen LogP contribution in [0.4, 0.5) is 5.69 Å². The van der Waals surface area contributed by atoms with E-state index in [4.69, 9.17) is 11.6 Å². The van der Waals surface area contributed by atoms with Gasteiger partial charge in [-0.1, -0.05) is 23.7 Å². The van der Waals surface area contributed by atoms with Gasteiger partial charge in [-0.3, -0.25) is 4.98 Å². The van der Waals surface area contributed by atoms with E-state index in [1.165, 1.54) is 11.1 Å². The Balaban J connectivity index is 2.25. The lowest BCUT2D eigenvalue weighted by Crippen LogP contribution is -2.23. The van der Waals surface area contributed by atoms with Crippen LogP contribution in [0.15, 0.2) is 48.8 Å². The smallest absolute Gasteiger partial charge is 0.101 e. The molecule has 2 rings (SSSR count). The molecule has 0 aliphatic carbocycles. The van der Waals surface area contributed by atoms with Crippen LogP contribution >= 0.6 is 11.6 Å². The summed E-state index contributed by atoms with van der Waals surface area (Å²) in [7, 11) is 1.99. The number of halogens is 1. The Labute approximate surface area is 107 Å². The molecule has 2 aromatic rings. The molecule has 2 nitrogen and oxygen atoms in total. The zero-order valence-corrected chi connectivity index (χ0v) is 10.7. The largest absolute Gasteiger partial charge is 0.358 e. The summed E-state index contributed by atoms with van der Waals surface area (Å²) in [5.41, 5.74) is 3.46. The van der Waals surface area contributed by atoms with Crippen LogP contribution in [0.25, 0.3) is 11.1 Å². The van der Waals surface area contributed by atoms with Gasteiger partial charge < -0.3 is 4.90 Å². The highest BCUT2D eigenvalue weighted by Gasteiger charge is 2.06. The van der Waals surface area contributed by atoms with Gasteiger partial charge in [-0.25, -0.2) is 0 Å². The summed E-state index contributed by atoms with van der Waals surface area (Å²) in [5.74, 6) is 0. The second-order valence-electron chi connectivity index (χ2n) is 3.97. The maximum atomic E-state index is 6.04. The fourth-order valence-electron chi connectivity index (χ4n) is 1.64. The summed E-state index contributed by atoms with van der Waals surface area (Å²) in [6.07, 6.45) is 3.60. The first-order valence-corrected chi connectivity index (χ1v) is 5.99. The Kier molecular flexibility index (Phi) is 3.64. The summed E-state index contributed by atoms with van der Waals surface area (Å²) in [5, 5.41) is 0. The number of nitrogens with zero attached hydrogens (tertiary/aromatic N) is 2. The topological polar surface area (TPSA) is 16.1 Å². The molecule has 0 bridgehead atoms. The van der Waals surface area contributed by atoms with E-state index in [1.54, 1.807) is 12.4 Å². The molecule has 1 unspecified atom stereocenters. The first-order chi connectivity index (χ1) is 8.18. The lowest BCUT2D eigenvalue weighted by atomic mass is 10.1. The van der Waals surface area contributed by atoms with Gasteiger partial charge in [0.25, 0.3) is 0 Å². The SMILES string of the molecule is CC(Cl)N(C)c1ccc(-c2ccncc2)cc1.